The van der Waals surface area contributed by atoms with Crippen molar-refractivity contribution in [1.29, 1.82) is 0 Å². The van der Waals surface area contributed by atoms with E-state index in [9.17, 15) is 0 Å². The first-order valence-electron chi connectivity index (χ1n) is 4.93. The largest absolute Gasteiger partial charge is 0.397 e. The molecule has 3 nitrogen and oxygen atoms in total. The molecule has 0 amide bonds. The van der Waals surface area contributed by atoms with Crippen LogP contribution in [0.15, 0.2) is 34.2 Å². The van der Waals surface area contributed by atoms with E-state index in [-0.39, 0.29) is 0 Å². The van der Waals surface area contributed by atoms with Crippen LogP contribution in [0.1, 0.15) is 5.01 Å². The summed E-state index contributed by atoms with van der Waals surface area (Å²) in [5.74, 6) is 0. The molecule has 0 saturated carbocycles. The number of rotatable bonds is 4. The van der Waals surface area contributed by atoms with Crippen molar-refractivity contribution in [2.24, 2.45) is 0 Å². The minimum Gasteiger partial charge on any atom is -0.397 e. The molecule has 0 unspecified atom stereocenters. The van der Waals surface area contributed by atoms with E-state index in [1.807, 2.05) is 29.8 Å². The molecule has 1 aromatic carbocycles. The predicted molar refractivity (Wildman–Crippen MR) is 72.9 cm³/mol. The Bertz CT molecular complexity index is 456. The highest BCUT2D eigenvalue weighted by Crippen LogP contribution is 2.22. The second-order valence-corrected chi connectivity index (χ2v) is 5.23. The van der Waals surface area contributed by atoms with Crippen molar-refractivity contribution in [3.05, 3.63) is 39.3 Å². The molecule has 0 saturated heterocycles. The van der Waals surface area contributed by atoms with Gasteiger partial charge in [-0.2, -0.15) is 0 Å². The zero-order valence-electron chi connectivity index (χ0n) is 8.61. The number of anilines is 2. The maximum atomic E-state index is 5.88. The number of nitrogens with two attached hydrogens (primary N) is 1. The van der Waals surface area contributed by atoms with E-state index in [2.05, 4.69) is 26.2 Å². The van der Waals surface area contributed by atoms with Gasteiger partial charge >= 0.3 is 0 Å². The molecule has 0 aliphatic heterocycles. The Balaban J connectivity index is 1.90. The molecule has 0 fully saturated rings. The van der Waals surface area contributed by atoms with Crippen molar-refractivity contribution in [2.75, 3.05) is 17.6 Å². The molecule has 2 rings (SSSR count). The third-order valence-electron chi connectivity index (χ3n) is 2.15. The van der Waals surface area contributed by atoms with Gasteiger partial charge in [0.15, 0.2) is 0 Å². The fraction of sp³-hybridized carbons (Fsp3) is 0.182. The number of thiazole rings is 1. The van der Waals surface area contributed by atoms with Crippen molar-refractivity contribution in [3.8, 4) is 0 Å². The quantitative estimate of drug-likeness (QED) is 0.853. The first-order valence-corrected chi connectivity index (χ1v) is 6.60. The number of nitrogen functional groups attached to an aromatic ring is 1. The van der Waals surface area contributed by atoms with Crippen LogP contribution in [0.5, 0.6) is 0 Å². The number of nitrogens with zero attached hydrogens (tertiary/aromatic N) is 1. The monoisotopic (exact) mass is 297 g/mol. The molecular weight excluding hydrogens is 286 g/mol. The van der Waals surface area contributed by atoms with E-state index in [0.29, 0.717) is 0 Å². The average Bonchev–Trinajstić information content (AvgIpc) is 2.74. The van der Waals surface area contributed by atoms with Gasteiger partial charge in [0.2, 0.25) is 0 Å². The smallest absolute Gasteiger partial charge is 0.0942 e. The zero-order valence-corrected chi connectivity index (χ0v) is 11.0. The third kappa shape index (κ3) is 2.96. The molecule has 2 aromatic rings. The fourth-order valence-corrected chi connectivity index (χ4v) is 2.37. The topological polar surface area (TPSA) is 50.9 Å². The number of aromatic nitrogens is 1. The predicted octanol–water partition coefficient (Wildman–Crippen LogP) is 3.14. The summed E-state index contributed by atoms with van der Waals surface area (Å²) in [6.07, 6.45) is 2.75. The van der Waals surface area contributed by atoms with Gasteiger partial charge in [0.25, 0.3) is 0 Å². The van der Waals surface area contributed by atoms with Gasteiger partial charge in [0.1, 0.15) is 0 Å². The van der Waals surface area contributed by atoms with Crippen molar-refractivity contribution < 1.29 is 0 Å². The van der Waals surface area contributed by atoms with E-state index in [1.54, 1.807) is 11.3 Å². The Morgan fingerprint density at radius 3 is 3.00 bits per heavy atom. The van der Waals surface area contributed by atoms with Crippen LogP contribution in [0.2, 0.25) is 0 Å². The lowest BCUT2D eigenvalue weighted by Crippen LogP contribution is -2.06. The molecule has 3 N–H and O–H groups in total. The van der Waals surface area contributed by atoms with Gasteiger partial charge in [-0.1, -0.05) is 15.9 Å². The van der Waals surface area contributed by atoms with E-state index >= 15 is 0 Å². The van der Waals surface area contributed by atoms with Gasteiger partial charge in [-0.05, 0) is 18.2 Å². The molecule has 84 valence electrons. The lowest BCUT2D eigenvalue weighted by atomic mass is 10.2. The summed E-state index contributed by atoms with van der Waals surface area (Å²) in [5.41, 5.74) is 7.61. The van der Waals surface area contributed by atoms with Crippen molar-refractivity contribution in [3.63, 3.8) is 0 Å². The van der Waals surface area contributed by atoms with Crippen LogP contribution in [0.4, 0.5) is 11.4 Å². The maximum absolute atomic E-state index is 5.88. The van der Waals surface area contributed by atoms with Gasteiger partial charge in [0, 0.05) is 29.0 Å². The lowest BCUT2D eigenvalue weighted by Gasteiger charge is -2.08. The standard InChI is InChI=1S/C11H12BrN3S/c12-8-1-2-10(9(13)7-8)14-4-3-11-15-5-6-16-11/h1-2,5-7,14H,3-4,13H2. The summed E-state index contributed by atoms with van der Waals surface area (Å²) in [4.78, 5) is 4.22. The Kier molecular flexibility index (Phi) is 3.79. The highest BCUT2D eigenvalue weighted by atomic mass is 79.9. The summed E-state index contributed by atoms with van der Waals surface area (Å²) >= 11 is 5.05. The molecule has 0 aliphatic rings. The molecule has 0 aliphatic carbocycles. The molecular formula is C11H12BrN3S. The first-order chi connectivity index (χ1) is 7.75. The third-order valence-corrected chi connectivity index (χ3v) is 3.48. The molecule has 1 aromatic heterocycles. The summed E-state index contributed by atoms with van der Waals surface area (Å²) in [6, 6.07) is 5.84. The SMILES string of the molecule is Nc1cc(Br)ccc1NCCc1nccs1. The van der Waals surface area contributed by atoms with Gasteiger partial charge in [-0.3, -0.25) is 0 Å². The Morgan fingerprint density at radius 2 is 2.31 bits per heavy atom. The molecule has 16 heavy (non-hydrogen) atoms. The fourth-order valence-electron chi connectivity index (χ4n) is 1.38. The summed E-state index contributed by atoms with van der Waals surface area (Å²) in [7, 11) is 0. The van der Waals surface area contributed by atoms with E-state index in [4.69, 9.17) is 5.73 Å². The Hall–Kier alpha value is -1.07. The van der Waals surface area contributed by atoms with Crippen LogP contribution in [-0.4, -0.2) is 11.5 Å². The zero-order chi connectivity index (χ0) is 11.4. The number of halogens is 1. The second-order valence-electron chi connectivity index (χ2n) is 3.33. The van der Waals surface area contributed by atoms with Gasteiger partial charge in [-0.25, -0.2) is 4.98 Å². The van der Waals surface area contributed by atoms with Crippen LogP contribution in [0, 0.1) is 0 Å². The first kappa shape index (κ1) is 11.4. The molecule has 0 spiro atoms. The summed E-state index contributed by atoms with van der Waals surface area (Å²) in [5, 5.41) is 6.43. The number of hydrogen-bond donors (Lipinski definition) is 2. The molecule has 1 heterocycles. The maximum Gasteiger partial charge on any atom is 0.0942 e. The van der Waals surface area contributed by atoms with Crippen molar-refractivity contribution >= 4 is 38.6 Å². The van der Waals surface area contributed by atoms with Gasteiger partial charge in [-0.15, -0.1) is 11.3 Å². The van der Waals surface area contributed by atoms with Crippen LogP contribution in [0.3, 0.4) is 0 Å². The normalized spacial score (nSPS) is 10.3. The van der Waals surface area contributed by atoms with E-state index in [0.717, 1.165) is 33.8 Å². The molecule has 0 radical (unpaired) electrons. The van der Waals surface area contributed by atoms with E-state index in [1.165, 1.54) is 0 Å². The molecule has 0 atom stereocenters. The Morgan fingerprint density at radius 1 is 1.44 bits per heavy atom. The van der Waals surface area contributed by atoms with Crippen LogP contribution in [0.25, 0.3) is 0 Å². The van der Waals surface area contributed by atoms with Crippen LogP contribution < -0.4 is 11.1 Å². The lowest BCUT2D eigenvalue weighted by molar-refractivity contribution is 0.999. The van der Waals surface area contributed by atoms with Crippen LogP contribution >= 0.6 is 27.3 Å². The average molecular weight is 298 g/mol. The molecule has 0 bridgehead atoms. The van der Waals surface area contributed by atoms with Gasteiger partial charge < -0.3 is 11.1 Å². The highest BCUT2D eigenvalue weighted by molar-refractivity contribution is 9.10. The second kappa shape index (κ2) is 5.32. The van der Waals surface area contributed by atoms with Crippen molar-refractivity contribution in [2.45, 2.75) is 6.42 Å². The summed E-state index contributed by atoms with van der Waals surface area (Å²) < 4.78 is 0.996. The molecule has 5 heteroatoms. The van der Waals surface area contributed by atoms with Gasteiger partial charge in [0.05, 0.1) is 16.4 Å². The highest BCUT2D eigenvalue weighted by Gasteiger charge is 2.00. The number of nitrogens with one attached hydrogen (secondary N) is 1. The van der Waals surface area contributed by atoms with Crippen LogP contribution in [-0.2, 0) is 6.42 Å². The van der Waals surface area contributed by atoms with Crippen molar-refractivity contribution in [1.82, 2.24) is 4.98 Å². The summed E-state index contributed by atoms with van der Waals surface area (Å²) in [6.45, 7) is 0.847. The van der Waals surface area contributed by atoms with E-state index < -0.39 is 0 Å². The Labute approximate surface area is 107 Å². The number of benzene rings is 1. The minimum absolute atomic E-state index is 0.758. The number of hydrogen-bond acceptors (Lipinski definition) is 4. The minimum atomic E-state index is 0.758.